The molecule has 0 aliphatic heterocycles. The van der Waals surface area contributed by atoms with Gasteiger partial charge in [-0.3, -0.25) is 0 Å². The van der Waals surface area contributed by atoms with Crippen LogP contribution in [-0.2, 0) is 6.54 Å². The Hall–Kier alpha value is -2.68. The number of ether oxygens (including phenoxy) is 1. The van der Waals surface area contributed by atoms with Gasteiger partial charge in [0, 0.05) is 18.3 Å². The second-order valence-electron chi connectivity index (χ2n) is 3.95. The van der Waals surface area contributed by atoms with Crippen LogP contribution in [-0.4, -0.2) is 12.1 Å². The Bertz CT molecular complexity index is 645. The molecule has 0 spiro atoms. The summed E-state index contributed by atoms with van der Waals surface area (Å²) >= 11 is 0. The topological polar surface area (TPSA) is 57.9 Å². The van der Waals surface area contributed by atoms with Crippen molar-refractivity contribution in [1.82, 2.24) is 4.98 Å². The summed E-state index contributed by atoms with van der Waals surface area (Å²) in [6.07, 6.45) is 1.56. The van der Waals surface area contributed by atoms with E-state index in [1.165, 1.54) is 7.11 Å². The molecule has 0 saturated carbocycles. The van der Waals surface area contributed by atoms with Crippen LogP contribution in [0.5, 0.6) is 5.88 Å². The number of anilines is 1. The zero-order valence-corrected chi connectivity index (χ0v) is 10.7. The van der Waals surface area contributed by atoms with Crippen molar-refractivity contribution in [3.05, 3.63) is 53.2 Å². The summed E-state index contributed by atoms with van der Waals surface area (Å²) in [4.78, 5) is 3.99. The molecular formula is C14H11F2N3O. The first-order chi connectivity index (χ1) is 9.65. The van der Waals surface area contributed by atoms with Gasteiger partial charge in [0.1, 0.15) is 5.69 Å². The summed E-state index contributed by atoms with van der Waals surface area (Å²) in [6.45, 7) is 0.150. The van der Waals surface area contributed by atoms with Gasteiger partial charge in [-0.1, -0.05) is 6.07 Å². The average molecular weight is 275 g/mol. The number of methoxy groups -OCH3 is 1. The maximum absolute atomic E-state index is 13.7. The zero-order chi connectivity index (χ0) is 14.5. The van der Waals surface area contributed by atoms with Gasteiger partial charge in [-0.2, -0.15) is 5.26 Å². The van der Waals surface area contributed by atoms with E-state index in [1.54, 1.807) is 24.4 Å². The third-order valence-corrected chi connectivity index (χ3v) is 2.67. The van der Waals surface area contributed by atoms with Crippen molar-refractivity contribution in [1.29, 1.82) is 5.26 Å². The minimum atomic E-state index is -0.815. The molecule has 102 valence electrons. The smallest absolute Gasteiger partial charge is 0.218 e. The fourth-order valence-electron chi connectivity index (χ4n) is 1.73. The Morgan fingerprint density at radius 2 is 2.05 bits per heavy atom. The fraction of sp³-hybridized carbons (Fsp3) is 0.143. The predicted octanol–water partition coefficient (Wildman–Crippen LogP) is 2.85. The third-order valence-electron chi connectivity index (χ3n) is 2.67. The molecule has 0 bridgehead atoms. The van der Waals surface area contributed by atoms with E-state index < -0.39 is 11.6 Å². The molecule has 0 radical (unpaired) electrons. The number of nitrogens with one attached hydrogen (secondary N) is 1. The lowest BCUT2D eigenvalue weighted by atomic mass is 10.2. The molecule has 20 heavy (non-hydrogen) atoms. The lowest BCUT2D eigenvalue weighted by Crippen LogP contribution is -2.06. The summed E-state index contributed by atoms with van der Waals surface area (Å²) in [7, 11) is 1.47. The number of nitrogens with zero attached hydrogens (tertiary/aromatic N) is 2. The van der Waals surface area contributed by atoms with E-state index in [2.05, 4.69) is 10.3 Å². The van der Waals surface area contributed by atoms with Gasteiger partial charge in [0.2, 0.25) is 5.88 Å². The van der Waals surface area contributed by atoms with Crippen LogP contribution in [0.1, 0.15) is 11.1 Å². The Morgan fingerprint density at radius 1 is 1.35 bits per heavy atom. The van der Waals surface area contributed by atoms with Crippen LogP contribution >= 0.6 is 0 Å². The molecule has 0 atom stereocenters. The van der Waals surface area contributed by atoms with Crippen molar-refractivity contribution >= 4 is 5.69 Å². The molecule has 0 unspecified atom stereocenters. The summed E-state index contributed by atoms with van der Waals surface area (Å²) < 4.78 is 32.4. The van der Waals surface area contributed by atoms with Crippen LogP contribution in [0.25, 0.3) is 0 Å². The standard InChI is InChI=1S/C14H11F2N3O/c1-20-14-10(3-2-4-18-14)8-19-13-11(15)5-9(7-17)6-12(13)16/h2-6,19H,8H2,1H3. The molecule has 1 aromatic heterocycles. The molecule has 1 heterocycles. The molecule has 1 aromatic carbocycles. The maximum Gasteiger partial charge on any atom is 0.218 e. The lowest BCUT2D eigenvalue weighted by Gasteiger charge is -2.11. The second-order valence-corrected chi connectivity index (χ2v) is 3.95. The molecule has 2 rings (SSSR count). The number of hydrogen-bond donors (Lipinski definition) is 1. The zero-order valence-electron chi connectivity index (χ0n) is 10.7. The Balaban J connectivity index is 2.22. The van der Waals surface area contributed by atoms with E-state index in [0.29, 0.717) is 11.4 Å². The van der Waals surface area contributed by atoms with Gasteiger partial charge in [0.05, 0.1) is 18.7 Å². The summed E-state index contributed by atoms with van der Waals surface area (Å²) in [6, 6.07) is 7.08. The van der Waals surface area contributed by atoms with Gasteiger partial charge in [0.15, 0.2) is 11.6 Å². The number of benzene rings is 1. The molecule has 4 nitrogen and oxygen atoms in total. The molecule has 0 fully saturated rings. The Labute approximate surface area is 114 Å². The van der Waals surface area contributed by atoms with Crippen LogP contribution in [0.4, 0.5) is 14.5 Å². The minimum absolute atomic E-state index is 0.0653. The number of rotatable bonds is 4. The summed E-state index contributed by atoms with van der Waals surface area (Å²) in [5, 5.41) is 11.3. The van der Waals surface area contributed by atoms with Crippen molar-refractivity contribution in [2.45, 2.75) is 6.54 Å². The number of aromatic nitrogens is 1. The number of halogens is 2. The molecule has 0 aliphatic carbocycles. The maximum atomic E-state index is 13.7. The average Bonchev–Trinajstić information content (AvgIpc) is 2.46. The normalized spacial score (nSPS) is 9.90. The van der Waals surface area contributed by atoms with Crippen LogP contribution in [0.3, 0.4) is 0 Å². The highest BCUT2D eigenvalue weighted by atomic mass is 19.1. The molecule has 2 aromatic rings. The lowest BCUT2D eigenvalue weighted by molar-refractivity contribution is 0.393. The number of hydrogen-bond acceptors (Lipinski definition) is 4. The van der Waals surface area contributed by atoms with Crippen molar-refractivity contribution < 1.29 is 13.5 Å². The van der Waals surface area contributed by atoms with Crippen LogP contribution < -0.4 is 10.1 Å². The first-order valence-electron chi connectivity index (χ1n) is 5.76. The largest absolute Gasteiger partial charge is 0.481 e. The van der Waals surface area contributed by atoms with E-state index in [-0.39, 0.29) is 17.8 Å². The first-order valence-corrected chi connectivity index (χ1v) is 5.76. The monoisotopic (exact) mass is 275 g/mol. The highest BCUT2D eigenvalue weighted by Crippen LogP contribution is 2.22. The molecular weight excluding hydrogens is 264 g/mol. The van der Waals surface area contributed by atoms with E-state index in [1.807, 2.05) is 0 Å². The second kappa shape index (κ2) is 5.97. The van der Waals surface area contributed by atoms with E-state index in [4.69, 9.17) is 10.00 Å². The Kier molecular flexibility index (Phi) is 4.11. The highest BCUT2D eigenvalue weighted by Gasteiger charge is 2.12. The van der Waals surface area contributed by atoms with Crippen LogP contribution in [0.15, 0.2) is 30.5 Å². The highest BCUT2D eigenvalue weighted by molar-refractivity contribution is 5.51. The number of pyridine rings is 1. The van der Waals surface area contributed by atoms with E-state index in [9.17, 15) is 8.78 Å². The molecule has 0 aliphatic rings. The van der Waals surface area contributed by atoms with Gasteiger partial charge in [-0.25, -0.2) is 13.8 Å². The molecule has 6 heteroatoms. The minimum Gasteiger partial charge on any atom is -0.481 e. The third kappa shape index (κ3) is 2.83. The van der Waals surface area contributed by atoms with E-state index in [0.717, 1.165) is 12.1 Å². The van der Waals surface area contributed by atoms with Gasteiger partial charge in [0.25, 0.3) is 0 Å². The van der Waals surface area contributed by atoms with Crippen molar-refractivity contribution in [2.24, 2.45) is 0 Å². The fourth-order valence-corrected chi connectivity index (χ4v) is 1.73. The van der Waals surface area contributed by atoms with Gasteiger partial charge in [-0.05, 0) is 18.2 Å². The van der Waals surface area contributed by atoms with Crippen LogP contribution in [0.2, 0.25) is 0 Å². The summed E-state index contributed by atoms with van der Waals surface area (Å²) in [5.41, 5.74) is 0.317. The number of nitriles is 1. The quantitative estimate of drug-likeness (QED) is 0.932. The SMILES string of the molecule is COc1ncccc1CNc1c(F)cc(C#N)cc1F. The van der Waals surface area contributed by atoms with Crippen molar-refractivity contribution in [2.75, 3.05) is 12.4 Å². The van der Waals surface area contributed by atoms with Crippen LogP contribution in [0, 0.1) is 23.0 Å². The van der Waals surface area contributed by atoms with E-state index >= 15 is 0 Å². The molecule has 1 N–H and O–H groups in total. The molecule has 0 amide bonds. The summed E-state index contributed by atoms with van der Waals surface area (Å²) in [5.74, 6) is -1.25. The first kappa shape index (κ1) is 13.7. The van der Waals surface area contributed by atoms with Gasteiger partial charge < -0.3 is 10.1 Å². The van der Waals surface area contributed by atoms with Crippen molar-refractivity contribution in [3.8, 4) is 11.9 Å². The predicted molar refractivity (Wildman–Crippen MR) is 69.2 cm³/mol. The Morgan fingerprint density at radius 3 is 2.65 bits per heavy atom. The molecule has 0 saturated heterocycles. The van der Waals surface area contributed by atoms with Crippen molar-refractivity contribution in [3.63, 3.8) is 0 Å². The van der Waals surface area contributed by atoms with Gasteiger partial charge in [-0.15, -0.1) is 0 Å². The van der Waals surface area contributed by atoms with Gasteiger partial charge >= 0.3 is 0 Å².